The summed E-state index contributed by atoms with van der Waals surface area (Å²) in [6.45, 7) is 2.29. The van der Waals surface area contributed by atoms with E-state index in [2.05, 4.69) is 71.4 Å². The molecule has 0 nitrogen and oxygen atoms in total. The van der Waals surface area contributed by atoms with E-state index in [1.54, 1.807) is 11.3 Å². The molecule has 0 radical (unpaired) electrons. The van der Waals surface area contributed by atoms with Crippen molar-refractivity contribution in [3.8, 4) is 20.2 Å². The molecule has 3 aromatic rings. The third-order valence-corrected chi connectivity index (χ3v) is 8.43. The van der Waals surface area contributed by atoms with E-state index < -0.39 is 0 Å². The number of unbranched alkanes of at least 4 members (excludes halogenated alkanes) is 9. The maximum absolute atomic E-state index is 3.56. The average molecular weight is 490 g/mol. The first-order valence-electron chi connectivity index (χ1n) is 11.2. The molecule has 0 unspecified atom stereocenters. The van der Waals surface area contributed by atoms with Crippen LogP contribution < -0.4 is 0 Å². The zero-order chi connectivity index (χ0) is 20.3. The highest BCUT2D eigenvalue weighted by atomic mass is 79.9. The van der Waals surface area contributed by atoms with Gasteiger partial charge in [0.25, 0.3) is 0 Å². The minimum absolute atomic E-state index is 1.19. The Bertz CT molecular complexity index is 829. The SMILES string of the molecule is CCCCCCCCCCCCc1ccc(-c2ccc(-c3ccc(Br)s3)s2)cc1. The average Bonchev–Trinajstić information content (AvgIpc) is 3.39. The van der Waals surface area contributed by atoms with Crippen molar-refractivity contribution in [3.63, 3.8) is 0 Å². The topological polar surface area (TPSA) is 0 Å². The van der Waals surface area contributed by atoms with Gasteiger partial charge in [0.15, 0.2) is 0 Å². The van der Waals surface area contributed by atoms with Crippen molar-refractivity contribution < 1.29 is 0 Å². The van der Waals surface area contributed by atoms with Gasteiger partial charge in [-0.15, -0.1) is 22.7 Å². The fourth-order valence-corrected chi connectivity index (χ4v) is 6.21. The molecule has 2 heterocycles. The van der Waals surface area contributed by atoms with Crippen LogP contribution in [0, 0.1) is 0 Å². The number of thiophene rings is 2. The predicted molar refractivity (Wildman–Crippen MR) is 136 cm³/mol. The minimum Gasteiger partial charge on any atom is -0.134 e. The number of benzene rings is 1. The van der Waals surface area contributed by atoms with Gasteiger partial charge in [0.1, 0.15) is 0 Å². The van der Waals surface area contributed by atoms with Crippen molar-refractivity contribution in [1.29, 1.82) is 0 Å². The Hall–Kier alpha value is -0.900. The van der Waals surface area contributed by atoms with E-state index in [9.17, 15) is 0 Å². The highest BCUT2D eigenvalue weighted by molar-refractivity contribution is 9.11. The van der Waals surface area contributed by atoms with Gasteiger partial charge in [0.2, 0.25) is 0 Å². The lowest BCUT2D eigenvalue weighted by molar-refractivity contribution is 0.556. The Labute approximate surface area is 193 Å². The van der Waals surface area contributed by atoms with Gasteiger partial charge in [-0.2, -0.15) is 0 Å². The quantitative estimate of drug-likeness (QED) is 0.210. The molecule has 3 heteroatoms. The van der Waals surface area contributed by atoms with Gasteiger partial charge in [0.05, 0.1) is 3.79 Å². The van der Waals surface area contributed by atoms with Gasteiger partial charge >= 0.3 is 0 Å². The molecule has 2 aromatic heterocycles. The second kappa shape index (κ2) is 12.7. The van der Waals surface area contributed by atoms with Crippen LogP contribution in [0.3, 0.4) is 0 Å². The van der Waals surface area contributed by atoms with Crippen molar-refractivity contribution in [2.45, 2.75) is 77.6 Å². The van der Waals surface area contributed by atoms with Crippen LogP contribution in [0.4, 0.5) is 0 Å². The van der Waals surface area contributed by atoms with Gasteiger partial charge in [-0.05, 0) is 64.2 Å². The van der Waals surface area contributed by atoms with E-state index >= 15 is 0 Å². The Balaban J connectivity index is 1.36. The summed E-state index contributed by atoms with van der Waals surface area (Å²) in [5.74, 6) is 0. The first-order chi connectivity index (χ1) is 14.3. The van der Waals surface area contributed by atoms with Crippen LogP contribution in [0.2, 0.25) is 0 Å². The monoisotopic (exact) mass is 488 g/mol. The van der Waals surface area contributed by atoms with E-state index in [4.69, 9.17) is 0 Å². The molecule has 156 valence electrons. The molecule has 1 aromatic carbocycles. The van der Waals surface area contributed by atoms with Crippen molar-refractivity contribution in [2.24, 2.45) is 0 Å². The van der Waals surface area contributed by atoms with Crippen LogP contribution in [0.1, 0.15) is 76.7 Å². The Morgan fingerprint density at radius 2 is 1.14 bits per heavy atom. The fraction of sp³-hybridized carbons (Fsp3) is 0.462. The number of rotatable bonds is 13. The standard InChI is InChI=1S/C26H33BrS2/c1-2-3-4-5-6-7-8-9-10-11-12-21-13-15-22(16-14-21)23-17-18-24(28-23)25-19-20-26(27)29-25/h13-20H,2-12H2,1H3. The van der Waals surface area contributed by atoms with Crippen LogP contribution in [0.5, 0.6) is 0 Å². The summed E-state index contributed by atoms with van der Waals surface area (Å²) in [6.07, 6.45) is 15.3. The van der Waals surface area contributed by atoms with Crippen LogP contribution in [0.25, 0.3) is 20.2 Å². The lowest BCUT2D eigenvalue weighted by Gasteiger charge is -2.04. The van der Waals surface area contributed by atoms with Crippen LogP contribution in [-0.2, 0) is 6.42 Å². The third-order valence-electron chi connectivity index (χ3n) is 5.48. The van der Waals surface area contributed by atoms with Gasteiger partial charge in [-0.1, -0.05) is 89.0 Å². The summed E-state index contributed by atoms with van der Waals surface area (Å²) in [4.78, 5) is 4.05. The summed E-state index contributed by atoms with van der Waals surface area (Å²) in [5.41, 5.74) is 2.82. The van der Waals surface area contributed by atoms with E-state index in [-0.39, 0.29) is 0 Å². The van der Waals surface area contributed by atoms with Crippen LogP contribution >= 0.6 is 38.6 Å². The lowest BCUT2D eigenvalue weighted by atomic mass is 10.0. The van der Waals surface area contributed by atoms with Crippen molar-refractivity contribution in [2.75, 3.05) is 0 Å². The second-order valence-corrected chi connectivity index (χ2v) is 11.4. The van der Waals surface area contributed by atoms with Gasteiger partial charge < -0.3 is 0 Å². The van der Waals surface area contributed by atoms with Crippen LogP contribution in [0.15, 0.2) is 52.3 Å². The number of aryl methyl sites for hydroxylation is 1. The summed E-state index contributed by atoms with van der Waals surface area (Å²) < 4.78 is 1.19. The van der Waals surface area contributed by atoms with Crippen LogP contribution in [-0.4, -0.2) is 0 Å². The number of hydrogen-bond acceptors (Lipinski definition) is 2. The molecule has 0 bridgehead atoms. The molecule has 0 aliphatic rings. The van der Waals surface area contributed by atoms with Crippen molar-refractivity contribution in [1.82, 2.24) is 0 Å². The maximum atomic E-state index is 3.56. The smallest absolute Gasteiger partial charge is 0.0705 e. The highest BCUT2D eigenvalue weighted by Crippen LogP contribution is 2.38. The Morgan fingerprint density at radius 1 is 0.586 bits per heavy atom. The first-order valence-corrected chi connectivity index (χ1v) is 13.6. The third kappa shape index (κ3) is 7.70. The molecule has 29 heavy (non-hydrogen) atoms. The van der Waals surface area contributed by atoms with E-state index in [0.29, 0.717) is 0 Å². The summed E-state index contributed by atoms with van der Waals surface area (Å²) in [7, 11) is 0. The highest BCUT2D eigenvalue weighted by Gasteiger charge is 2.07. The predicted octanol–water partition coefficient (Wildman–Crippen LogP) is 10.4. The lowest BCUT2D eigenvalue weighted by Crippen LogP contribution is -1.87. The second-order valence-electron chi connectivity index (χ2n) is 7.90. The minimum atomic E-state index is 1.19. The van der Waals surface area contributed by atoms with Crippen molar-refractivity contribution >= 4 is 38.6 Å². The van der Waals surface area contributed by atoms with Gasteiger partial charge in [-0.3, -0.25) is 0 Å². The summed E-state index contributed by atoms with van der Waals surface area (Å²) in [6, 6.07) is 18.1. The summed E-state index contributed by atoms with van der Waals surface area (Å²) in [5, 5.41) is 0. The zero-order valence-corrected chi connectivity index (χ0v) is 20.8. The van der Waals surface area contributed by atoms with E-state index in [0.717, 1.165) is 0 Å². The maximum Gasteiger partial charge on any atom is 0.0705 e. The number of hydrogen-bond donors (Lipinski definition) is 0. The normalized spacial score (nSPS) is 11.2. The largest absolute Gasteiger partial charge is 0.134 e. The van der Waals surface area contributed by atoms with Gasteiger partial charge in [-0.25, -0.2) is 0 Å². The summed E-state index contributed by atoms with van der Waals surface area (Å²) >= 11 is 7.24. The van der Waals surface area contributed by atoms with Crippen molar-refractivity contribution in [3.05, 3.63) is 57.9 Å². The number of halogens is 1. The molecular weight excluding hydrogens is 456 g/mol. The molecule has 0 amide bonds. The Morgan fingerprint density at radius 3 is 1.76 bits per heavy atom. The van der Waals surface area contributed by atoms with Gasteiger partial charge in [0, 0.05) is 14.6 Å². The molecule has 0 atom stereocenters. The molecule has 3 rings (SSSR count). The fourth-order valence-electron chi connectivity index (χ4n) is 3.72. The molecule has 0 saturated heterocycles. The molecule has 0 N–H and O–H groups in total. The zero-order valence-electron chi connectivity index (χ0n) is 17.6. The Kier molecular flexibility index (Phi) is 9.99. The molecule has 0 saturated carbocycles. The molecule has 0 aliphatic carbocycles. The molecule has 0 aliphatic heterocycles. The van der Waals surface area contributed by atoms with E-state index in [1.807, 2.05) is 11.3 Å². The molecule has 0 fully saturated rings. The first kappa shape index (κ1) is 22.8. The molecule has 0 spiro atoms. The molecular formula is C26H33BrS2. The van der Waals surface area contributed by atoms with E-state index in [1.165, 1.54) is 100 Å².